The smallest absolute Gasteiger partial charge is 0.170 e. The third-order valence-corrected chi connectivity index (χ3v) is 8.01. The minimum Gasteiger partial charge on any atom is -0.385 e. The molecule has 5 rings (SSSR count). The fourth-order valence-corrected chi connectivity index (χ4v) is 6.36. The molecular weight excluding hydrogens is 450 g/mol. The number of nitrogens with one attached hydrogen (secondary N) is 2. The molecule has 2 N–H and O–H groups in total. The average Bonchev–Trinajstić information content (AvgIpc) is 3.38. The van der Waals surface area contributed by atoms with Crippen LogP contribution in [-0.2, 0) is 0 Å². The number of thiocarbonyl (C=S) groups is 1. The van der Waals surface area contributed by atoms with E-state index in [9.17, 15) is 0 Å². The molecule has 2 aliphatic rings. The second-order valence-electron chi connectivity index (χ2n) is 9.95. The summed E-state index contributed by atoms with van der Waals surface area (Å²) in [5.74, 6) is 0. The number of aromatic nitrogens is 2. The van der Waals surface area contributed by atoms with E-state index in [2.05, 4.69) is 76.4 Å². The molecule has 2 aromatic heterocycles. The van der Waals surface area contributed by atoms with Crippen molar-refractivity contribution in [1.29, 1.82) is 0 Å². The molecule has 5 nitrogen and oxygen atoms in total. The Hall–Kier alpha value is -2.86. The van der Waals surface area contributed by atoms with E-state index in [0.29, 0.717) is 6.04 Å². The van der Waals surface area contributed by atoms with Gasteiger partial charge in [0.25, 0.3) is 0 Å². The summed E-state index contributed by atoms with van der Waals surface area (Å²) in [5, 5.41) is 8.00. The van der Waals surface area contributed by atoms with Gasteiger partial charge in [0.05, 0.1) is 17.8 Å². The van der Waals surface area contributed by atoms with Crippen molar-refractivity contribution in [3.63, 3.8) is 0 Å². The maximum atomic E-state index is 5.91. The van der Waals surface area contributed by atoms with Gasteiger partial charge >= 0.3 is 0 Å². The van der Waals surface area contributed by atoms with Crippen LogP contribution in [0, 0.1) is 13.8 Å². The molecular formula is C29H37N5S. The van der Waals surface area contributed by atoms with Crippen LogP contribution >= 0.6 is 12.2 Å². The number of anilines is 1. The van der Waals surface area contributed by atoms with E-state index in [1.165, 1.54) is 49.1 Å². The van der Waals surface area contributed by atoms with Crippen molar-refractivity contribution in [1.82, 2.24) is 19.8 Å². The number of pyridine rings is 1. The van der Waals surface area contributed by atoms with Gasteiger partial charge in [0.1, 0.15) is 0 Å². The summed E-state index contributed by atoms with van der Waals surface area (Å²) < 4.78 is 2.61. The number of hydrogen-bond donors (Lipinski definition) is 2. The van der Waals surface area contributed by atoms with E-state index >= 15 is 0 Å². The van der Waals surface area contributed by atoms with Crippen LogP contribution in [0.15, 0.2) is 60.8 Å². The fraction of sp³-hybridized carbons (Fsp3) is 0.448. The number of benzene rings is 1. The highest BCUT2D eigenvalue weighted by molar-refractivity contribution is 7.80. The lowest BCUT2D eigenvalue weighted by molar-refractivity contribution is 0.311. The van der Waals surface area contributed by atoms with Crippen LogP contribution in [0.3, 0.4) is 0 Å². The van der Waals surface area contributed by atoms with Gasteiger partial charge < -0.3 is 20.1 Å². The Morgan fingerprint density at radius 1 is 1.03 bits per heavy atom. The lowest BCUT2D eigenvalue weighted by Crippen LogP contribution is -2.31. The summed E-state index contributed by atoms with van der Waals surface area (Å²) in [5.41, 5.74) is 6.35. The first-order chi connectivity index (χ1) is 17.1. The number of aryl methyl sites for hydroxylation is 1. The summed E-state index contributed by atoms with van der Waals surface area (Å²) in [6, 6.07) is 19.8. The molecule has 184 valence electrons. The second-order valence-corrected chi connectivity index (χ2v) is 10.3. The zero-order valence-electron chi connectivity index (χ0n) is 20.9. The minimum atomic E-state index is 0.0473. The molecule has 0 bridgehead atoms. The van der Waals surface area contributed by atoms with E-state index in [1.807, 2.05) is 18.3 Å². The predicted molar refractivity (Wildman–Crippen MR) is 148 cm³/mol. The van der Waals surface area contributed by atoms with Gasteiger partial charge in [0.2, 0.25) is 0 Å². The molecule has 6 heteroatoms. The molecule has 3 heterocycles. The van der Waals surface area contributed by atoms with Crippen molar-refractivity contribution in [2.24, 2.45) is 0 Å². The first kappa shape index (κ1) is 23.9. The van der Waals surface area contributed by atoms with Crippen LogP contribution < -0.4 is 10.6 Å². The summed E-state index contributed by atoms with van der Waals surface area (Å²) >= 11 is 5.91. The third-order valence-electron chi connectivity index (χ3n) is 7.66. The van der Waals surface area contributed by atoms with Gasteiger partial charge in [0.15, 0.2) is 5.11 Å². The maximum absolute atomic E-state index is 5.91. The van der Waals surface area contributed by atoms with Gasteiger partial charge in [-0.2, -0.15) is 0 Å². The molecule has 2 unspecified atom stereocenters. The van der Waals surface area contributed by atoms with Gasteiger partial charge in [-0.3, -0.25) is 4.98 Å². The second kappa shape index (κ2) is 10.8. The molecule has 35 heavy (non-hydrogen) atoms. The van der Waals surface area contributed by atoms with E-state index in [1.54, 1.807) is 0 Å². The quantitative estimate of drug-likeness (QED) is 0.281. The zero-order valence-corrected chi connectivity index (χ0v) is 21.7. The monoisotopic (exact) mass is 487 g/mol. The van der Waals surface area contributed by atoms with Crippen molar-refractivity contribution in [2.75, 3.05) is 18.4 Å². The van der Waals surface area contributed by atoms with Gasteiger partial charge in [-0.05, 0) is 81.2 Å². The van der Waals surface area contributed by atoms with Crippen LogP contribution in [-0.4, -0.2) is 32.7 Å². The Balaban J connectivity index is 1.41. The Morgan fingerprint density at radius 2 is 1.80 bits per heavy atom. The maximum Gasteiger partial charge on any atom is 0.170 e. The molecule has 1 aliphatic carbocycles. The van der Waals surface area contributed by atoms with E-state index in [-0.39, 0.29) is 12.1 Å². The lowest BCUT2D eigenvalue weighted by atomic mass is 9.94. The van der Waals surface area contributed by atoms with Crippen molar-refractivity contribution >= 4 is 23.0 Å². The van der Waals surface area contributed by atoms with Crippen molar-refractivity contribution < 1.29 is 0 Å². The van der Waals surface area contributed by atoms with Crippen LogP contribution in [0.4, 0.5) is 5.69 Å². The molecule has 0 spiro atoms. The van der Waals surface area contributed by atoms with Crippen molar-refractivity contribution in [3.05, 3.63) is 83.4 Å². The lowest BCUT2D eigenvalue weighted by Gasteiger charge is -2.30. The molecule has 3 aromatic rings. The van der Waals surface area contributed by atoms with Crippen LogP contribution in [0.2, 0.25) is 0 Å². The van der Waals surface area contributed by atoms with Gasteiger partial charge in [-0.15, -0.1) is 0 Å². The Bertz CT molecular complexity index is 1120. The number of para-hydroxylation sites is 1. The average molecular weight is 488 g/mol. The molecule has 2 atom stereocenters. The highest BCUT2D eigenvalue weighted by Gasteiger charge is 2.41. The number of hydrogen-bond acceptors (Lipinski definition) is 3. The van der Waals surface area contributed by atoms with Gasteiger partial charge in [-0.1, -0.05) is 43.5 Å². The van der Waals surface area contributed by atoms with Crippen molar-refractivity contribution in [3.8, 4) is 0 Å². The molecule has 1 aliphatic heterocycles. The molecule has 0 radical (unpaired) electrons. The van der Waals surface area contributed by atoms with Crippen LogP contribution in [0.1, 0.15) is 79.3 Å². The third kappa shape index (κ3) is 5.08. The SMILES string of the molecule is Cc1cc(C2C(c3ccccn3)NC(=S)N2CCCNc2ccccc2)c(C)n1C1CCCCC1. The number of rotatable bonds is 8. The van der Waals surface area contributed by atoms with E-state index < -0.39 is 0 Å². The number of nitrogens with zero attached hydrogens (tertiary/aromatic N) is 3. The summed E-state index contributed by atoms with van der Waals surface area (Å²) in [4.78, 5) is 7.12. The topological polar surface area (TPSA) is 45.1 Å². The van der Waals surface area contributed by atoms with E-state index in [4.69, 9.17) is 17.2 Å². The van der Waals surface area contributed by atoms with Crippen LogP contribution in [0.25, 0.3) is 0 Å². The normalized spacial score (nSPS) is 20.7. The predicted octanol–water partition coefficient (Wildman–Crippen LogP) is 6.48. The van der Waals surface area contributed by atoms with Crippen molar-refractivity contribution in [2.45, 2.75) is 70.5 Å². The molecule has 1 saturated heterocycles. The molecule has 1 saturated carbocycles. The summed E-state index contributed by atoms with van der Waals surface area (Å²) in [7, 11) is 0. The first-order valence-corrected chi connectivity index (χ1v) is 13.5. The Morgan fingerprint density at radius 3 is 2.54 bits per heavy atom. The molecule has 0 amide bonds. The molecule has 2 fully saturated rings. The highest BCUT2D eigenvalue weighted by Crippen LogP contribution is 2.42. The minimum absolute atomic E-state index is 0.0473. The zero-order chi connectivity index (χ0) is 24.2. The Labute approximate surface area is 215 Å². The van der Waals surface area contributed by atoms with E-state index in [0.717, 1.165) is 36.0 Å². The fourth-order valence-electron chi connectivity index (χ4n) is 6.03. The summed E-state index contributed by atoms with van der Waals surface area (Å²) in [6.07, 6.45) is 9.51. The highest BCUT2D eigenvalue weighted by atomic mass is 32.1. The Kier molecular flexibility index (Phi) is 7.37. The standard InChI is InChI=1S/C29H37N5S/c1-21-20-25(22(2)34(21)24-14-7-4-8-15-24)28-27(26-16-9-10-17-31-26)32-29(35)33(28)19-11-18-30-23-12-5-3-6-13-23/h3,5-6,9-10,12-13,16-17,20,24,27-28,30H,4,7-8,11,14-15,18-19H2,1-2H3,(H,32,35). The van der Waals surface area contributed by atoms with Crippen LogP contribution in [0.5, 0.6) is 0 Å². The molecule has 1 aromatic carbocycles. The van der Waals surface area contributed by atoms with Gasteiger partial charge in [0, 0.05) is 42.4 Å². The van der Waals surface area contributed by atoms with Gasteiger partial charge in [-0.25, -0.2) is 0 Å². The first-order valence-electron chi connectivity index (χ1n) is 13.1. The largest absolute Gasteiger partial charge is 0.385 e. The summed E-state index contributed by atoms with van der Waals surface area (Å²) in [6.45, 7) is 6.39.